The van der Waals surface area contributed by atoms with Crippen LogP contribution < -0.4 is 10.5 Å². The second-order valence-electron chi connectivity index (χ2n) is 13.9. The average Bonchev–Trinajstić information content (AvgIpc) is 3.81. The Hall–Kier alpha value is -4.84. The first-order chi connectivity index (χ1) is 24.5. The molecule has 2 atom stereocenters. The van der Waals surface area contributed by atoms with Gasteiger partial charge in [0.05, 0.1) is 49.0 Å². The van der Waals surface area contributed by atoms with Gasteiger partial charge in [-0.1, -0.05) is 32.8 Å². The molecule has 6 rings (SSSR count). The van der Waals surface area contributed by atoms with Crippen LogP contribution in [0.4, 0.5) is 4.39 Å². The molecule has 1 aromatic carbocycles. The van der Waals surface area contributed by atoms with Crippen LogP contribution in [0.3, 0.4) is 0 Å². The number of pyridine rings is 2. The summed E-state index contributed by atoms with van der Waals surface area (Å²) in [5.74, 6) is 0.0717. The van der Waals surface area contributed by atoms with Crippen LogP contribution >= 0.6 is 0 Å². The highest BCUT2D eigenvalue weighted by molar-refractivity contribution is 5.97. The molecular weight excluding hydrogens is 651 g/mol. The van der Waals surface area contributed by atoms with Gasteiger partial charge < -0.3 is 29.1 Å². The Morgan fingerprint density at radius 2 is 1.80 bits per heavy atom. The standard InChI is InChI=1S/C39H47FN6O5/c1-24(2)23-51-38(48)39(40,33-12-8-10-18-42-33)17-9-6-7-11-19-45-31(21-26-13-16-29(25(3)41)43-35(26)45)36-44-30-20-27(37(47)50-5)22-32(49-4)34(30)46(36)28-14-15-28/h8,10,12-13,16,18,20-22,24-25,28H,6-7,9,11,14-15,17,19,23,41H2,1-5H3/t25-,39?/m1/s1. The highest BCUT2D eigenvalue weighted by Crippen LogP contribution is 2.45. The highest BCUT2D eigenvalue weighted by atomic mass is 19.1. The predicted molar refractivity (Wildman–Crippen MR) is 193 cm³/mol. The Morgan fingerprint density at radius 1 is 1.02 bits per heavy atom. The number of rotatable bonds is 16. The third-order valence-corrected chi connectivity index (χ3v) is 9.36. The van der Waals surface area contributed by atoms with E-state index >= 15 is 4.39 Å². The number of benzene rings is 1. The van der Waals surface area contributed by atoms with Crippen molar-refractivity contribution in [2.24, 2.45) is 11.7 Å². The van der Waals surface area contributed by atoms with E-state index in [0.717, 1.165) is 59.4 Å². The normalized spacial score (nSPS) is 14.9. The highest BCUT2D eigenvalue weighted by Gasteiger charge is 2.43. The van der Waals surface area contributed by atoms with E-state index in [4.69, 9.17) is 29.9 Å². The lowest BCUT2D eigenvalue weighted by molar-refractivity contribution is -0.161. The van der Waals surface area contributed by atoms with E-state index in [9.17, 15) is 9.59 Å². The third-order valence-electron chi connectivity index (χ3n) is 9.36. The number of carbonyl (C=O) groups is 2. The zero-order valence-corrected chi connectivity index (χ0v) is 30.0. The number of esters is 2. The van der Waals surface area contributed by atoms with E-state index in [1.54, 1.807) is 37.4 Å². The van der Waals surface area contributed by atoms with Crippen LogP contribution in [-0.2, 0) is 26.5 Å². The molecule has 11 nitrogen and oxygen atoms in total. The largest absolute Gasteiger partial charge is 0.494 e. The van der Waals surface area contributed by atoms with Gasteiger partial charge in [-0.15, -0.1) is 0 Å². The Balaban J connectivity index is 1.28. The fraction of sp³-hybridized carbons (Fsp3) is 0.462. The van der Waals surface area contributed by atoms with Gasteiger partial charge in [0.1, 0.15) is 16.9 Å². The van der Waals surface area contributed by atoms with Crippen molar-refractivity contribution >= 4 is 34.0 Å². The number of methoxy groups -OCH3 is 2. The van der Waals surface area contributed by atoms with Gasteiger partial charge in [-0.2, -0.15) is 0 Å². The molecule has 270 valence electrons. The van der Waals surface area contributed by atoms with E-state index in [-0.39, 0.29) is 36.7 Å². The summed E-state index contributed by atoms with van der Waals surface area (Å²) in [5.41, 5.74) is 8.36. The Morgan fingerprint density at radius 3 is 2.47 bits per heavy atom. The van der Waals surface area contributed by atoms with Crippen molar-refractivity contribution in [1.29, 1.82) is 0 Å². The van der Waals surface area contributed by atoms with Gasteiger partial charge in [0, 0.05) is 30.2 Å². The van der Waals surface area contributed by atoms with Crippen LogP contribution in [0, 0.1) is 5.92 Å². The number of nitrogens with zero attached hydrogens (tertiary/aromatic N) is 5. The average molecular weight is 699 g/mol. The van der Waals surface area contributed by atoms with Crippen molar-refractivity contribution in [3.8, 4) is 17.3 Å². The van der Waals surface area contributed by atoms with Crippen molar-refractivity contribution in [3.05, 3.63) is 71.7 Å². The summed E-state index contributed by atoms with van der Waals surface area (Å²) in [6.07, 6.45) is 6.25. The van der Waals surface area contributed by atoms with Gasteiger partial charge in [-0.25, -0.2) is 23.9 Å². The predicted octanol–water partition coefficient (Wildman–Crippen LogP) is 7.61. The molecule has 0 saturated heterocycles. The van der Waals surface area contributed by atoms with Crippen molar-refractivity contribution < 1.29 is 28.2 Å². The number of unbranched alkanes of at least 4 members (excludes halogenated alkanes) is 3. The van der Waals surface area contributed by atoms with E-state index < -0.39 is 17.6 Å². The molecule has 1 fully saturated rings. The number of imidazole rings is 1. The van der Waals surface area contributed by atoms with Gasteiger partial charge in [0.15, 0.2) is 5.82 Å². The number of carbonyl (C=O) groups excluding carboxylic acids is 2. The minimum absolute atomic E-state index is 0.0151. The number of halogens is 1. The topological polar surface area (TPSA) is 136 Å². The lowest BCUT2D eigenvalue weighted by atomic mass is 9.93. The first-order valence-corrected chi connectivity index (χ1v) is 17.8. The van der Waals surface area contributed by atoms with E-state index in [2.05, 4.69) is 20.2 Å². The quantitative estimate of drug-likeness (QED) is 0.0815. The summed E-state index contributed by atoms with van der Waals surface area (Å²) in [5, 5.41) is 0.962. The number of aryl methyl sites for hydroxylation is 1. The van der Waals surface area contributed by atoms with Crippen LogP contribution in [0.1, 0.15) is 99.5 Å². The molecule has 1 saturated carbocycles. The van der Waals surface area contributed by atoms with Crippen LogP contribution in [-0.4, -0.2) is 56.9 Å². The first-order valence-electron chi connectivity index (χ1n) is 17.8. The summed E-state index contributed by atoms with van der Waals surface area (Å²) in [6, 6.07) is 14.5. The molecule has 1 aliphatic carbocycles. The number of aromatic nitrogens is 5. The van der Waals surface area contributed by atoms with Crippen molar-refractivity contribution in [2.45, 2.75) is 90.0 Å². The maximum Gasteiger partial charge on any atom is 0.350 e. The summed E-state index contributed by atoms with van der Waals surface area (Å²) in [6.45, 7) is 6.52. The molecule has 0 spiro atoms. The van der Waals surface area contributed by atoms with Gasteiger partial charge in [0.25, 0.3) is 0 Å². The lowest BCUT2D eigenvalue weighted by Gasteiger charge is -2.23. The molecule has 1 unspecified atom stereocenters. The van der Waals surface area contributed by atoms with Crippen LogP contribution in [0.25, 0.3) is 33.6 Å². The number of ether oxygens (including phenoxy) is 3. The van der Waals surface area contributed by atoms with Crippen molar-refractivity contribution in [3.63, 3.8) is 0 Å². The molecule has 12 heteroatoms. The Bertz CT molecular complexity index is 2020. The second-order valence-corrected chi connectivity index (χ2v) is 13.9. The third kappa shape index (κ3) is 7.46. The van der Waals surface area contributed by atoms with Gasteiger partial charge >= 0.3 is 11.9 Å². The maximum absolute atomic E-state index is 16.4. The monoisotopic (exact) mass is 698 g/mol. The zero-order valence-electron chi connectivity index (χ0n) is 30.0. The first kappa shape index (κ1) is 36.0. The Kier molecular flexibility index (Phi) is 10.7. The van der Waals surface area contributed by atoms with E-state index in [1.165, 1.54) is 13.3 Å². The molecule has 4 aromatic heterocycles. The lowest BCUT2D eigenvalue weighted by Crippen LogP contribution is -2.34. The molecule has 0 aliphatic heterocycles. The second kappa shape index (κ2) is 15.2. The molecule has 0 amide bonds. The SMILES string of the molecule is COC(=O)c1cc(OC)c2c(c1)nc(-c1cc3ccc([C@@H](C)N)nc3n1CCCCCCC(F)(C(=O)OCC(C)C)c1ccccn1)n2C1CC1. The smallest absolute Gasteiger partial charge is 0.350 e. The minimum atomic E-state index is -2.31. The van der Waals surface area contributed by atoms with Crippen molar-refractivity contribution in [1.82, 2.24) is 24.1 Å². The van der Waals surface area contributed by atoms with Gasteiger partial charge in [0.2, 0.25) is 5.67 Å². The van der Waals surface area contributed by atoms with Crippen LogP contribution in [0.15, 0.2) is 54.7 Å². The van der Waals surface area contributed by atoms with Crippen molar-refractivity contribution in [2.75, 3.05) is 20.8 Å². The zero-order chi connectivity index (χ0) is 36.3. The molecular formula is C39H47FN6O5. The van der Waals surface area contributed by atoms with Crippen LogP contribution in [0.2, 0.25) is 0 Å². The van der Waals surface area contributed by atoms with Gasteiger partial charge in [-0.3, -0.25) is 4.98 Å². The number of alkyl halides is 1. The summed E-state index contributed by atoms with van der Waals surface area (Å²) >= 11 is 0. The molecule has 5 aromatic rings. The summed E-state index contributed by atoms with van der Waals surface area (Å²) in [4.78, 5) is 39.8. The fourth-order valence-corrected chi connectivity index (χ4v) is 6.54. The number of nitrogens with two attached hydrogens (primary N) is 1. The number of hydrogen-bond acceptors (Lipinski definition) is 9. The van der Waals surface area contributed by atoms with E-state index in [0.29, 0.717) is 36.2 Å². The Labute approximate surface area is 297 Å². The molecule has 0 radical (unpaired) electrons. The number of fused-ring (bicyclic) bond motifs is 2. The molecule has 0 bridgehead atoms. The minimum Gasteiger partial charge on any atom is -0.494 e. The van der Waals surface area contributed by atoms with Gasteiger partial charge in [-0.05, 0) is 87.4 Å². The molecule has 4 heterocycles. The fourth-order valence-electron chi connectivity index (χ4n) is 6.54. The summed E-state index contributed by atoms with van der Waals surface area (Å²) < 4.78 is 36.9. The van der Waals surface area contributed by atoms with Crippen LogP contribution in [0.5, 0.6) is 5.75 Å². The van der Waals surface area contributed by atoms with E-state index in [1.807, 2.05) is 32.9 Å². The number of hydrogen-bond donors (Lipinski definition) is 1. The summed E-state index contributed by atoms with van der Waals surface area (Å²) in [7, 11) is 2.94. The maximum atomic E-state index is 16.4. The molecule has 1 aliphatic rings. The molecule has 2 N–H and O–H groups in total. The molecule has 51 heavy (non-hydrogen) atoms.